The molecule has 6 rings (SSSR count). The summed E-state index contributed by atoms with van der Waals surface area (Å²) < 4.78 is 13.9. The van der Waals surface area contributed by atoms with Crippen molar-refractivity contribution >= 4 is 40.5 Å². The Morgan fingerprint density at radius 3 is 1.87 bits per heavy atom. The SMILES string of the molecule is Nc1nc2c(ncn2[C@H]2C[C@H](O)[C@@H](C=O)O2)c(=O)[nH]1.Nc1nc2c(ncn2[C@H]2C[C@H](O)[C@@H](CO)O2)c(=O)[nH]1. The van der Waals surface area contributed by atoms with Crippen LogP contribution in [-0.4, -0.2) is 91.7 Å². The minimum absolute atomic E-state index is 0.0171. The number of aliphatic hydroxyl groups excluding tert-OH is 3. The van der Waals surface area contributed by atoms with Crippen LogP contribution in [-0.2, 0) is 14.3 Å². The van der Waals surface area contributed by atoms with Crippen LogP contribution < -0.4 is 22.6 Å². The Labute approximate surface area is 210 Å². The van der Waals surface area contributed by atoms with E-state index in [4.69, 9.17) is 26.0 Å². The highest BCUT2D eigenvalue weighted by atomic mass is 16.5. The number of hydrogen-bond acceptors (Lipinski definition) is 14. The molecule has 0 amide bonds. The number of aldehydes is 1. The average molecular weight is 532 g/mol. The number of anilines is 2. The van der Waals surface area contributed by atoms with Gasteiger partial charge in [0.2, 0.25) is 11.9 Å². The number of nitrogens with two attached hydrogens (primary N) is 2. The zero-order valence-corrected chi connectivity index (χ0v) is 19.5. The van der Waals surface area contributed by atoms with E-state index in [1.54, 1.807) is 0 Å². The Morgan fingerprint density at radius 1 is 0.921 bits per heavy atom. The van der Waals surface area contributed by atoms with E-state index >= 15 is 0 Å². The third-order valence-electron chi connectivity index (χ3n) is 6.18. The summed E-state index contributed by atoms with van der Waals surface area (Å²) in [4.78, 5) is 54.5. The Hall–Kier alpha value is -4.23. The second kappa shape index (κ2) is 9.91. The lowest BCUT2D eigenvalue weighted by atomic mass is 10.2. The lowest BCUT2D eigenvalue weighted by Crippen LogP contribution is -2.24. The highest BCUT2D eigenvalue weighted by molar-refractivity contribution is 5.71. The molecule has 0 aliphatic carbocycles. The number of carbonyl (C=O) groups excluding carboxylic acids is 1. The number of nitrogens with zero attached hydrogens (tertiary/aromatic N) is 6. The van der Waals surface area contributed by atoms with E-state index in [0.29, 0.717) is 6.29 Å². The van der Waals surface area contributed by atoms with Gasteiger partial charge in [0, 0.05) is 12.8 Å². The van der Waals surface area contributed by atoms with Crippen molar-refractivity contribution in [2.45, 2.75) is 49.7 Å². The molecule has 4 aromatic rings. The third kappa shape index (κ3) is 4.50. The fraction of sp³-hybridized carbons (Fsp3) is 0.450. The molecule has 9 N–H and O–H groups in total. The summed E-state index contributed by atoms with van der Waals surface area (Å²) in [7, 11) is 0. The molecule has 0 saturated carbocycles. The summed E-state index contributed by atoms with van der Waals surface area (Å²) in [6, 6.07) is 0. The maximum atomic E-state index is 11.6. The van der Waals surface area contributed by atoms with Gasteiger partial charge in [-0.25, -0.2) is 9.97 Å². The Kier molecular flexibility index (Phi) is 6.63. The highest BCUT2D eigenvalue weighted by Gasteiger charge is 2.36. The fourth-order valence-electron chi connectivity index (χ4n) is 4.33. The minimum Gasteiger partial charge on any atom is -0.394 e. The van der Waals surface area contributed by atoms with Crippen molar-refractivity contribution in [3.63, 3.8) is 0 Å². The van der Waals surface area contributed by atoms with E-state index in [9.17, 15) is 24.6 Å². The number of carbonyl (C=O) groups is 1. The molecule has 6 heterocycles. The molecule has 38 heavy (non-hydrogen) atoms. The molecule has 6 atom stereocenters. The summed E-state index contributed by atoms with van der Waals surface area (Å²) >= 11 is 0. The molecule has 2 saturated heterocycles. The van der Waals surface area contributed by atoms with Crippen LogP contribution in [0.15, 0.2) is 22.2 Å². The third-order valence-corrected chi connectivity index (χ3v) is 6.18. The molecule has 202 valence electrons. The van der Waals surface area contributed by atoms with E-state index in [1.165, 1.54) is 21.8 Å². The molecule has 2 aliphatic heterocycles. The van der Waals surface area contributed by atoms with Gasteiger partial charge < -0.3 is 41.1 Å². The van der Waals surface area contributed by atoms with Crippen LogP contribution >= 0.6 is 0 Å². The van der Waals surface area contributed by atoms with E-state index < -0.39 is 48.0 Å². The van der Waals surface area contributed by atoms with Crippen molar-refractivity contribution in [1.82, 2.24) is 39.0 Å². The summed E-state index contributed by atoms with van der Waals surface area (Å²) in [6.07, 6.45) is -0.531. The first-order chi connectivity index (χ1) is 18.2. The lowest BCUT2D eigenvalue weighted by molar-refractivity contribution is -0.122. The predicted octanol–water partition coefficient (Wildman–Crippen LogP) is -3.11. The largest absolute Gasteiger partial charge is 0.394 e. The highest BCUT2D eigenvalue weighted by Crippen LogP contribution is 2.31. The minimum atomic E-state index is -0.890. The number of imidazole rings is 2. The number of aromatic amines is 2. The number of hydrogen-bond donors (Lipinski definition) is 7. The van der Waals surface area contributed by atoms with Gasteiger partial charge in [0.05, 0.1) is 31.5 Å². The van der Waals surface area contributed by atoms with Crippen LogP contribution in [0.1, 0.15) is 25.3 Å². The van der Waals surface area contributed by atoms with Crippen LogP contribution in [0, 0.1) is 0 Å². The van der Waals surface area contributed by atoms with Crippen LogP contribution in [0.4, 0.5) is 11.9 Å². The summed E-state index contributed by atoms with van der Waals surface area (Å²) in [5.74, 6) is -0.0544. The van der Waals surface area contributed by atoms with E-state index in [2.05, 4.69) is 29.9 Å². The first-order valence-electron chi connectivity index (χ1n) is 11.4. The van der Waals surface area contributed by atoms with E-state index in [0.717, 1.165) is 0 Å². The smallest absolute Gasteiger partial charge is 0.280 e. The summed E-state index contributed by atoms with van der Waals surface area (Å²) in [5, 5.41) is 28.4. The van der Waals surface area contributed by atoms with Crippen LogP contribution in [0.2, 0.25) is 0 Å². The second-order valence-corrected chi connectivity index (χ2v) is 8.66. The molecule has 18 nitrogen and oxygen atoms in total. The van der Waals surface area contributed by atoms with Gasteiger partial charge in [0.15, 0.2) is 28.6 Å². The van der Waals surface area contributed by atoms with E-state index in [-0.39, 0.29) is 53.7 Å². The van der Waals surface area contributed by atoms with Crippen LogP contribution in [0.5, 0.6) is 0 Å². The van der Waals surface area contributed by atoms with Crippen molar-refractivity contribution in [1.29, 1.82) is 0 Å². The van der Waals surface area contributed by atoms with Crippen molar-refractivity contribution in [3.8, 4) is 0 Å². The second-order valence-electron chi connectivity index (χ2n) is 8.66. The zero-order chi connectivity index (χ0) is 27.1. The molecule has 0 aromatic carbocycles. The number of fused-ring (bicyclic) bond motifs is 2. The van der Waals surface area contributed by atoms with Crippen LogP contribution in [0.25, 0.3) is 22.3 Å². The Morgan fingerprint density at radius 2 is 1.42 bits per heavy atom. The van der Waals surface area contributed by atoms with Gasteiger partial charge in [-0.1, -0.05) is 0 Å². The maximum absolute atomic E-state index is 11.6. The molecule has 0 bridgehead atoms. The van der Waals surface area contributed by atoms with Gasteiger partial charge in [0.1, 0.15) is 24.7 Å². The number of aliphatic hydroxyl groups is 3. The van der Waals surface area contributed by atoms with Gasteiger partial charge in [-0.2, -0.15) is 9.97 Å². The van der Waals surface area contributed by atoms with Gasteiger partial charge in [-0.3, -0.25) is 28.7 Å². The van der Waals surface area contributed by atoms with Crippen molar-refractivity contribution in [3.05, 3.63) is 33.4 Å². The number of ether oxygens (including phenoxy) is 2. The van der Waals surface area contributed by atoms with Crippen molar-refractivity contribution in [2.75, 3.05) is 18.1 Å². The van der Waals surface area contributed by atoms with Gasteiger partial charge in [-0.15, -0.1) is 0 Å². The normalized spacial score (nSPS) is 27.0. The first kappa shape index (κ1) is 25.4. The number of nitrogens with one attached hydrogen (secondary N) is 2. The molecule has 2 fully saturated rings. The summed E-state index contributed by atoms with van der Waals surface area (Å²) in [6.45, 7) is -0.277. The average Bonchev–Trinajstić information content (AvgIpc) is 3.64. The molecule has 2 aliphatic rings. The fourth-order valence-corrected chi connectivity index (χ4v) is 4.33. The van der Waals surface area contributed by atoms with E-state index in [1.807, 2.05) is 0 Å². The Balaban J connectivity index is 0.000000155. The number of nitrogen functional groups attached to an aromatic ring is 2. The monoisotopic (exact) mass is 532 g/mol. The molecular formula is C20H24N10O8. The van der Waals surface area contributed by atoms with Crippen LogP contribution in [0.3, 0.4) is 0 Å². The number of aromatic nitrogens is 8. The topological polar surface area (TPSA) is 275 Å². The summed E-state index contributed by atoms with van der Waals surface area (Å²) in [5.41, 5.74) is 10.9. The quantitative estimate of drug-likeness (QED) is 0.128. The lowest BCUT2D eigenvalue weighted by Gasteiger charge is -2.13. The van der Waals surface area contributed by atoms with Crippen molar-refractivity contribution in [2.24, 2.45) is 0 Å². The van der Waals surface area contributed by atoms with Gasteiger partial charge in [0.25, 0.3) is 11.1 Å². The molecular weight excluding hydrogens is 508 g/mol. The molecule has 18 heteroatoms. The molecule has 0 spiro atoms. The standard InChI is InChI=1S/C10H13N5O4.C10H11N5O4/c2*11-10-13-8-7(9(18)14-10)12-3-15(8)6-1-4(17)5(2-16)19-6/h3-6,16-17H,1-2H2,(H3,11,13,14,18);2-6,17H,1H2,(H3,11,13,14,18)/t2*4-,5+,6+/m00/s1. The molecule has 4 aromatic heterocycles. The van der Waals surface area contributed by atoms with Gasteiger partial charge in [-0.05, 0) is 0 Å². The zero-order valence-electron chi connectivity index (χ0n) is 19.5. The Bertz CT molecular complexity index is 1590. The first-order valence-corrected chi connectivity index (χ1v) is 11.4. The predicted molar refractivity (Wildman–Crippen MR) is 127 cm³/mol. The molecule has 0 unspecified atom stereocenters. The number of H-pyrrole nitrogens is 2. The molecule has 0 radical (unpaired) electrons. The maximum Gasteiger partial charge on any atom is 0.280 e. The van der Waals surface area contributed by atoms with Crippen molar-refractivity contribution < 1.29 is 29.6 Å². The number of rotatable bonds is 4. The van der Waals surface area contributed by atoms with Gasteiger partial charge >= 0.3 is 0 Å².